The third-order valence-electron chi connectivity index (χ3n) is 4.35. The van der Waals surface area contributed by atoms with Crippen LogP contribution >= 0.6 is 0 Å². The lowest BCUT2D eigenvalue weighted by atomic mass is 10.1. The first-order valence-electron chi connectivity index (χ1n) is 7.90. The lowest BCUT2D eigenvalue weighted by Crippen LogP contribution is -2.19. The Morgan fingerprint density at radius 3 is 2.59 bits per heavy atom. The largest absolute Gasteiger partial charge is 0.497 e. The van der Waals surface area contributed by atoms with Crippen molar-refractivity contribution >= 4 is 16.6 Å². The zero-order chi connectivity index (χ0) is 19.3. The number of aromatic nitrogens is 4. The highest BCUT2D eigenvalue weighted by Crippen LogP contribution is 2.30. The molecule has 0 atom stereocenters. The number of benzene rings is 1. The Morgan fingerprint density at radius 1 is 1.11 bits per heavy atom. The lowest BCUT2D eigenvalue weighted by molar-refractivity contribution is -0.141. The Hall–Kier alpha value is -3.36. The molecule has 138 valence electrons. The van der Waals surface area contributed by atoms with Gasteiger partial charge in [0.1, 0.15) is 17.1 Å². The van der Waals surface area contributed by atoms with Crippen molar-refractivity contribution in [3.8, 4) is 17.0 Å². The van der Waals surface area contributed by atoms with Crippen molar-refractivity contribution in [3.63, 3.8) is 0 Å². The molecule has 4 aromatic rings. The molecule has 0 saturated carbocycles. The van der Waals surface area contributed by atoms with Crippen LogP contribution in [0, 0.1) is 0 Å². The lowest BCUT2D eigenvalue weighted by Gasteiger charge is -2.07. The van der Waals surface area contributed by atoms with Gasteiger partial charge >= 0.3 is 6.18 Å². The summed E-state index contributed by atoms with van der Waals surface area (Å²) in [6.45, 7) is 0. The fourth-order valence-corrected chi connectivity index (χ4v) is 2.95. The van der Waals surface area contributed by atoms with Gasteiger partial charge in [0.25, 0.3) is 5.56 Å². The van der Waals surface area contributed by atoms with E-state index in [1.54, 1.807) is 31.3 Å². The highest BCUT2D eigenvalue weighted by Gasteiger charge is 2.32. The summed E-state index contributed by atoms with van der Waals surface area (Å²) in [6, 6.07) is 8.90. The molecule has 1 aromatic carbocycles. The molecule has 3 heterocycles. The first-order chi connectivity index (χ1) is 12.8. The maximum Gasteiger partial charge on any atom is 0.433 e. The molecule has 0 bridgehead atoms. The van der Waals surface area contributed by atoms with E-state index in [-0.39, 0.29) is 11.1 Å². The smallest absolute Gasteiger partial charge is 0.433 e. The fraction of sp³-hybridized carbons (Fsp3) is 0.167. The Balaban J connectivity index is 2.01. The number of methoxy groups -OCH3 is 1. The summed E-state index contributed by atoms with van der Waals surface area (Å²) in [5.41, 5.74) is 0.262. The first-order valence-corrected chi connectivity index (χ1v) is 7.90. The maximum absolute atomic E-state index is 12.9. The predicted octanol–water partition coefficient (Wildman–Crippen LogP) is 3.28. The first kappa shape index (κ1) is 17.1. The molecule has 0 unspecified atom stereocenters. The number of pyridine rings is 1. The van der Waals surface area contributed by atoms with Gasteiger partial charge in [-0.2, -0.15) is 18.3 Å². The zero-order valence-corrected chi connectivity index (χ0v) is 14.3. The van der Waals surface area contributed by atoms with Crippen LogP contribution in [0.15, 0.2) is 47.4 Å². The SMILES string of the molecule is COc1ccc2c(=O)n(C)c3cc(-c4ccnc(C(F)(F)F)c4)nn3c2c1. The molecule has 0 radical (unpaired) electrons. The normalized spacial score (nSPS) is 12.0. The number of aryl methyl sites for hydroxylation is 1. The molecule has 0 amide bonds. The molecule has 6 nitrogen and oxygen atoms in total. The fourth-order valence-electron chi connectivity index (χ4n) is 2.95. The number of alkyl halides is 3. The quantitative estimate of drug-likeness (QED) is 0.540. The van der Waals surface area contributed by atoms with Gasteiger partial charge in [-0.1, -0.05) is 0 Å². The molecule has 0 aliphatic carbocycles. The summed E-state index contributed by atoms with van der Waals surface area (Å²) in [6.07, 6.45) is -3.47. The summed E-state index contributed by atoms with van der Waals surface area (Å²) < 4.78 is 47.0. The molecule has 0 spiro atoms. The maximum atomic E-state index is 12.9. The molecule has 4 rings (SSSR count). The van der Waals surface area contributed by atoms with Crippen molar-refractivity contribution in [2.24, 2.45) is 7.05 Å². The summed E-state index contributed by atoms with van der Waals surface area (Å²) in [5, 5.41) is 4.84. The minimum absolute atomic E-state index is 0.239. The van der Waals surface area contributed by atoms with E-state index in [4.69, 9.17) is 4.74 Å². The van der Waals surface area contributed by atoms with Crippen LogP contribution in [0.2, 0.25) is 0 Å². The second-order valence-electron chi connectivity index (χ2n) is 5.97. The van der Waals surface area contributed by atoms with Crippen LogP contribution in [0.1, 0.15) is 5.69 Å². The van der Waals surface area contributed by atoms with E-state index in [0.717, 1.165) is 12.3 Å². The van der Waals surface area contributed by atoms with E-state index < -0.39 is 11.9 Å². The second kappa shape index (κ2) is 5.83. The van der Waals surface area contributed by atoms with E-state index in [2.05, 4.69) is 10.1 Å². The highest BCUT2D eigenvalue weighted by atomic mass is 19.4. The molecule has 0 N–H and O–H groups in total. The summed E-state index contributed by atoms with van der Waals surface area (Å²) >= 11 is 0. The number of hydrogen-bond donors (Lipinski definition) is 0. The molecule has 0 saturated heterocycles. The molecule has 0 aliphatic heterocycles. The second-order valence-corrected chi connectivity index (χ2v) is 5.97. The van der Waals surface area contributed by atoms with Crippen LogP contribution in [0.5, 0.6) is 5.75 Å². The zero-order valence-electron chi connectivity index (χ0n) is 14.3. The summed E-state index contributed by atoms with van der Waals surface area (Å²) in [5.74, 6) is 0.539. The Kier molecular flexibility index (Phi) is 3.69. The minimum atomic E-state index is -4.55. The van der Waals surface area contributed by atoms with Gasteiger partial charge in [0.15, 0.2) is 0 Å². The van der Waals surface area contributed by atoms with Gasteiger partial charge in [-0.25, -0.2) is 4.52 Å². The van der Waals surface area contributed by atoms with Gasteiger partial charge in [-0.05, 0) is 24.3 Å². The topological polar surface area (TPSA) is 61.4 Å². The van der Waals surface area contributed by atoms with Gasteiger partial charge in [0.2, 0.25) is 0 Å². The van der Waals surface area contributed by atoms with Crippen molar-refractivity contribution in [2.45, 2.75) is 6.18 Å². The van der Waals surface area contributed by atoms with Crippen LogP contribution in [0.3, 0.4) is 0 Å². The number of nitrogens with zero attached hydrogens (tertiary/aromatic N) is 4. The minimum Gasteiger partial charge on any atom is -0.497 e. The molecule has 3 aromatic heterocycles. The van der Waals surface area contributed by atoms with E-state index in [9.17, 15) is 18.0 Å². The molecule has 27 heavy (non-hydrogen) atoms. The number of halogens is 3. The Morgan fingerprint density at radius 2 is 1.89 bits per heavy atom. The van der Waals surface area contributed by atoms with E-state index in [1.807, 2.05) is 0 Å². The van der Waals surface area contributed by atoms with Gasteiger partial charge in [-0.3, -0.25) is 14.3 Å². The van der Waals surface area contributed by atoms with Crippen molar-refractivity contribution in [1.29, 1.82) is 0 Å². The average molecular weight is 374 g/mol. The van der Waals surface area contributed by atoms with E-state index >= 15 is 0 Å². The van der Waals surface area contributed by atoms with Crippen molar-refractivity contribution in [3.05, 3.63) is 58.6 Å². The third kappa shape index (κ3) is 2.71. The van der Waals surface area contributed by atoms with E-state index in [1.165, 1.54) is 22.3 Å². The van der Waals surface area contributed by atoms with Crippen molar-refractivity contribution in [1.82, 2.24) is 19.2 Å². The van der Waals surface area contributed by atoms with Gasteiger partial charge in [-0.15, -0.1) is 0 Å². The van der Waals surface area contributed by atoms with Crippen LogP contribution in [0.25, 0.3) is 27.8 Å². The Bertz CT molecular complexity index is 1240. The standard InChI is InChI=1S/C18H13F3N4O2/c1-24-16-9-13(10-5-6-22-15(7-10)18(19,20)21)23-25(16)14-8-11(27-2)3-4-12(14)17(24)26/h3-9H,1-2H3. The molecule has 9 heteroatoms. The Labute approximate surface area is 150 Å². The number of rotatable bonds is 2. The number of fused-ring (bicyclic) bond motifs is 3. The highest BCUT2D eigenvalue weighted by molar-refractivity contribution is 5.83. The molecule has 0 fully saturated rings. The van der Waals surface area contributed by atoms with Crippen LogP contribution < -0.4 is 10.3 Å². The van der Waals surface area contributed by atoms with Gasteiger partial charge in [0, 0.05) is 30.9 Å². The number of hydrogen-bond acceptors (Lipinski definition) is 4. The summed E-state index contributed by atoms with van der Waals surface area (Å²) in [7, 11) is 3.09. The predicted molar refractivity (Wildman–Crippen MR) is 92.7 cm³/mol. The molecular formula is C18H13F3N4O2. The van der Waals surface area contributed by atoms with Gasteiger partial charge in [0.05, 0.1) is 23.7 Å². The van der Waals surface area contributed by atoms with E-state index in [0.29, 0.717) is 28.0 Å². The van der Waals surface area contributed by atoms with Crippen LogP contribution in [-0.2, 0) is 13.2 Å². The van der Waals surface area contributed by atoms with Crippen molar-refractivity contribution in [2.75, 3.05) is 7.11 Å². The molecular weight excluding hydrogens is 361 g/mol. The third-order valence-corrected chi connectivity index (χ3v) is 4.35. The van der Waals surface area contributed by atoms with Crippen LogP contribution in [0.4, 0.5) is 13.2 Å². The van der Waals surface area contributed by atoms with Crippen LogP contribution in [-0.4, -0.2) is 26.3 Å². The number of ether oxygens (including phenoxy) is 1. The molecule has 0 aliphatic rings. The van der Waals surface area contributed by atoms with Crippen molar-refractivity contribution < 1.29 is 17.9 Å². The van der Waals surface area contributed by atoms with Gasteiger partial charge < -0.3 is 4.74 Å². The monoisotopic (exact) mass is 374 g/mol. The average Bonchev–Trinajstić information content (AvgIpc) is 3.11. The summed E-state index contributed by atoms with van der Waals surface area (Å²) in [4.78, 5) is 16.0.